The lowest BCUT2D eigenvalue weighted by Crippen LogP contribution is -2.08. The lowest BCUT2D eigenvalue weighted by molar-refractivity contribution is 0.415. The molecule has 2 aromatic rings. The van der Waals surface area contributed by atoms with Gasteiger partial charge in [0.25, 0.3) is 0 Å². The highest BCUT2D eigenvalue weighted by Gasteiger charge is 2.07. The number of hydrogen-bond donors (Lipinski definition) is 1. The molecule has 0 aliphatic heterocycles. The molecular formula is C16H15NO. The summed E-state index contributed by atoms with van der Waals surface area (Å²) in [5, 5.41) is 3.30. The number of benzene rings is 2. The first-order valence-corrected chi connectivity index (χ1v) is 5.75. The molecule has 2 nitrogen and oxygen atoms in total. The molecule has 1 N–H and O–H groups in total. The summed E-state index contributed by atoms with van der Waals surface area (Å²) in [6.07, 6.45) is 5.58. The molecule has 0 radical (unpaired) electrons. The number of rotatable bonds is 4. The van der Waals surface area contributed by atoms with E-state index >= 15 is 0 Å². The van der Waals surface area contributed by atoms with Crippen LogP contribution in [0.3, 0.4) is 0 Å². The van der Waals surface area contributed by atoms with Crippen LogP contribution in [0.4, 0.5) is 5.69 Å². The second kappa shape index (κ2) is 5.79. The zero-order valence-corrected chi connectivity index (χ0v) is 10.3. The van der Waals surface area contributed by atoms with E-state index < -0.39 is 0 Å². The van der Waals surface area contributed by atoms with Gasteiger partial charge in [0.05, 0.1) is 7.11 Å². The Morgan fingerprint density at radius 1 is 1.11 bits per heavy atom. The standard InChI is InChI=1S/C16H15NO/c1-3-16(13-8-5-4-6-9-13)17-14-10-7-11-15(12-14)18-2/h1,4-12,16-17H,2H3. The Kier molecular flexibility index (Phi) is 3.88. The summed E-state index contributed by atoms with van der Waals surface area (Å²) in [6, 6.07) is 17.5. The van der Waals surface area contributed by atoms with Crippen LogP contribution in [0, 0.1) is 12.3 Å². The lowest BCUT2D eigenvalue weighted by Gasteiger charge is -2.15. The van der Waals surface area contributed by atoms with Gasteiger partial charge in [-0.05, 0) is 17.7 Å². The Morgan fingerprint density at radius 3 is 2.56 bits per heavy atom. The van der Waals surface area contributed by atoms with Crippen LogP contribution < -0.4 is 10.1 Å². The highest BCUT2D eigenvalue weighted by atomic mass is 16.5. The lowest BCUT2D eigenvalue weighted by atomic mass is 10.1. The third-order valence-corrected chi connectivity index (χ3v) is 2.68. The first-order chi connectivity index (χ1) is 8.83. The maximum absolute atomic E-state index is 5.58. The van der Waals surface area contributed by atoms with E-state index in [2.05, 4.69) is 11.2 Å². The van der Waals surface area contributed by atoms with Crippen LogP contribution >= 0.6 is 0 Å². The van der Waals surface area contributed by atoms with Crippen molar-refractivity contribution in [3.8, 4) is 18.1 Å². The molecule has 0 aliphatic carbocycles. The second-order valence-electron chi connectivity index (χ2n) is 3.89. The molecule has 0 saturated heterocycles. The van der Waals surface area contributed by atoms with Crippen LogP contribution in [0.2, 0.25) is 0 Å². The van der Waals surface area contributed by atoms with Crippen molar-refractivity contribution in [2.24, 2.45) is 0 Å². The normalized spacial score (nSPS) is 11.3. The Balaban J connectivity index is 2.19. The maximum atomic E-state index is 5.58. The van der Waals surface area contributed by atoms with Crippen LogP contribution in [0.25, 0.3) is 0 Å². The average molecular weight is 237 g/mol. The first-order valence-electron chi connectivity index (χ1n) is 5.75. The molecule has 2 aromatic carbocycles. The van der Waals surface area contributed by atoms with E-state index in [4.69, 9.17) is 11.2 Å². The predicted octanol–water partition coefficient (Wildman–Crippen LogP) is 3.48. The van der Waals surface area contributed by atoms with Gasteiger partial charge in [-0.3, -0.25) is 0 Å². The van der Waals surface area contributed by atoms with Crippen LogP contribution in [0.1, 0.15) is 11.6 Å². The number of nitrogens with one attached hydrogen (secondary N) is 1. The van der Waals surface area contributed by atoms with Gasteiger partial charge < -0.3 is 10.1 Å². The van der Waals surface area contributed by atoms with E-state index in [9.17, 15) is 0 Å². The van der Waals surface area contributed by atoms with Crippen molar-refractivity contribution in [3.05, 3.63) is 60.2 Å². The Morgan fingerprint density at radius 2 is 1.89 bits per heavy atom. The number of hydrogen-bond acceptors (Lipinski definition) is 2. The van der Waals surface area contributed by atoms with Crippen LogP contribution in [-0.4, -0.2) is 7.11 Å². The largest absolute Gasteiger partial charge is 0.497 e. The molecule has 1 unspecified atom stereocenters. The molecule has 0 bridgehead atoms. The molecule has 18 heavy (non-hydrogen) atoms. The van der Waals surface area contributed by atoms with Gasteiger partial charge in [-0.25, -0.2) is 0 Å². The molecule has 0 saturated carbocycles. The second-order valence-corrected chi connectivity index (χ2v) is 3.89. The van der Waals surface area contributed by atoms with Gasteiger partial charge in [0.2, 0.25) is 0 Å². The first kappa shape index (κ1) is 12.1. The highest BCUT2D eigenvalue weighted by molar-refractivity contribution is 5.51. The van der Waals surface area contributed by atoms with Gasteiger partial charge in [0.1, 0.15) is 11.8 Å². The molecule has 90 valence electrons. The van der Waals surface area contributed by atoms with Gasteiger partial charge in [0, 0.05) is 11.8 Å². The number of methoxy groups -OCH3 is 1. The van der Waals surface area contributed by atoms with Crippen molar-refractivity contribution in [2.75, 3.05) is 12.4 Å². The minimum absolute atomic E-state index is 0.140. The minimum atomic E-state index is -0.140. The summed E-state index contributed by atoms with van der Waals surface area (Å²) in [5.74, 6) is 3.56. The van der Waals surface area contributed by atoms with Gasteiger partial charge in [-0.1, -0.05) is 42.3 Å². The van der Waals surface area contributed by atoms with E-state index in [0.29, 0.717) is 0 Å². The van der Waals surface area contributed by atoms with Crippen molar-refractivity contribution < 1.29 is 4.74 Å². The highest BCUT2D eigenvalue weighted by Crippen LogP contribution is 2.22. The molecule has 1 atom stereocenters. The van der Waals surface area contributed by atoms with Gasteiger partial charge in [-0.15, -0.1) is 6.42 Å². The molecule has 0 aliphatic rings. The fourth-order valence-electron chi connectivity index (χ4n) is 1.75. The third kappa shape index (κ3) is 2.83. The van der Waals surface area contributed by atoms with E-state index in [1.807, 2.05) is 54.6 Å². The molecule has 2 rings (SSSR count). The smallest absolute Gasteiger partial charge is 0.120 e. The number of anilines is 1. The summed E-state index contributed by atoms with van der Waals surface area (Å²) >= 11 is 0. The van der Waals surface area contributed by atoms with E-state index in [0.717, 1.165) is 17.0 Å². The summed E-state index contributed by atoms with van der Waals surface area (Å²) in [6.45, 7) is 0. The minimum Gasteiger partial charge on any atom is -0.497 e. The van der Waals surface area contributed by atoms with Crippen LogP contribution in [0.15, 0.2) is 54.6 Å². The van der Waals surface area contributed by atoms with E-state index in [1.165, 1.54) is 0 Å². The zero-order chi connectivity index (χ0) is 12.8. The Hall–Kier alpha value is -2.40. The van der Waals surface area contributed by atoms with Crippen molar-refractivity contribution >= 4 is 5.69 Å². The molecule has 0 spiro atoms. The molecular weight excluding hydrogens is 222 g/mol. The topological polar surface area (TPSA) is 21.3 Å². The van der Waals surface area contributed by atoms with E-state index in [-0.39, 0.29) is 6.04 Å². The van der Waals surface area contributed by atoms with Crippen molar-refractivity contribution in [1.82, 2.24) is 0 Å². The monoisotopic (exact) mass is 237 g/mol. The maximum Gasteiger partial charge on any atom is 0.120 e. The van der Waals surface area contributed by atoms with Crippen LogP contribution in [0.5, 0.6) is 5.75 Å². The van der Waals surface area contributed by atoms with Gasteiger partial charge >= 0.3 is 0 Å². The number of terminal acetylenes is 1. The van der Waals surface area contributed by atoms with Gasteiger partial charge in [0.15, 0.2) is 0 Å². The number of ether oxygens (including phenoxy) is 1. The summed E-state index contributed by atoms with van der Waals surface area (Å²) in [7, 11) is 1.65. The zero-order valence-electron chi connectivity index (χ0n) is 10.3. The van der Waals surface area contributed by atoms with Crippen molar-refractivity contribution in [1.29, 1.82) is 0 Å². The molecule has 2 heteroatoms. The molecule has 0 heterocycles. The Bertz CT molecular complexity index is 543. The van der Waals surface area contributed by atoms with Gasteiger partial charge in [-0.2, -0.15) is 0 Å². The third-order valence-electron chi connectivity index (χ3n) is 2.68. The average Bonchev–Trinajstić information content (AvgIpc) is 2.46. The molecule has 0 amide bonds. The predicted molar refractivity (Wildman–Crippen MR) is 74.6 cm³/mol. The molecule has 0 aromatic heterocycles. The summed E-state index contributed by atoms with van der Waals surface area (Å²) < 4.78 is 5.18. The fourth-order valence-corrected chi connectivity index (χ4v) is 1.75. The summed E-state index contributed by atoms with van der Waals surface area (Å²) in [4.78, 5) is 0. The Labute approximate surface area is 108 Å². The SMILES string of the molecule is C#CC(Nc1cccc(OC)c1)c1ccccc1. The van der Waals surface area contributed by atoms with Crippen LogP contribution in [-0.2, 0) is 0 Å². The van der Waals surface area contributed by atoms with E-state index in [1.54, 1.807) is 7.11 Å². The molecule has 0 fully saturated rings. The quantitative estimate of drug-likeness (QED) is 0.822. The fraction of sp³-hybridized carbons (Fsp3) is 0.125. The van der Waals surface area contributed by atoms with Crippen molar-refractivity contribution in [2.45, 2.75) is 6.04 Å². The summed E-state index contributed by atoms with van der Waals surface area (Å²) in [5.41, 5.74) is 2.02. The van der Waals surface area contributed by atoms with Crippen molar-refractivity contribution in [3.63, 3.8) is 0 Å².